The Labute approximate surface area is 86.5 Å². The number of hydrogen-bond acceptors (Lipinski definition) is 4. The van der Waals surface area contributed by atoms with Crippen LogP contribution in [0.15, 0.2) is 18.3 Å². The van der Waals surface area contributed by atoms with E-state index in [1.165, 1.54) is 7.11 Å². The van der Waals surface area contributed by atoms with Crippen LogP contribution in [0.4, 0.5) is 5.82 Å². The van der Waals surface area contributed by atoms with Gasteiger partial charge in [0.15, 0.2) is 0 Å². The van der Waals surface area contributed by atoms with Crippen LogP contribution in [0.5, 0.6) is 0 Å². The molecule has 0 radical (unpaired) electrons. The van der Waals surface area contributed by atoms with Crippen molar-refractivity contribution in [1.29, 1.82) is 0 Å². The third-order valence-corrected chi connectivity index (χ3v) is 2.26. The van der Waals surface area contributed by atoms with Crippen LogP contribution in [0, 0.1) is 6.92 Å². The van der Waals surface area contributed by atoms with Crippen molar-refractivity contribution in [3.63, 3.8) is 0 Å². The van der Waals surface area contributed by atoms with Crippen molar-refractivity contribution < 1.29 is 9.53 Å². The minimum Gasteiger partial charge on any atom is -0.465 e. The molecule has 0 aliphatic rings. The van der Waals surface area contributed by atoms with Gasteiger partial charge in [0.05, 0.1) is 18.4 Å². The smallest absolute Gasteiger partial charge is 0.339 e. The first-order valence-corrected chi connectivity index (χ1v) is 4.46. The second kappa shape index (κ2) is 3.27. The molecule has 5 nitrogen and oxygen atoms in total. The minimum absolute atomic E-state index is 0.386. The summed E-state index contributed by atoms with van der Waals surface area (Å²) in [7, 11) is 1.34. The van der Waals surface area contributed by atoms with E-state index in [4.69, 9.17) is 5.73 Å². The van der Waals surface area contributed by atoms with Crippen LogP contribution in [-0.4, -0.2) is 22.5 Å². The van der Waals surface area contributed by atoms with Gasteiger partial charge in [-0.1, -0.05) is 0 Å². The van der Waals surface area contributed by atoms with Crippen LogP contribution in [0.1, 0.15) is 16.1 Å². The summed E-state index contributed by atoms with van der Waals surface area (Å²) in [5.74, 6) is 0.151. The van der Waals surface area contributed by atoms with Gasteiger partial charge < -0.3 is 10.5 Å². The summed E-state index contributed by atoms with van der Waals surface area (Å²) >= 11 is 0. The van der Waals surface area contributed by atoms with E-state index in [0.717, 1.165) is 11.3 Å². The molecular weight excluding hydrogens is 194 g/mol. The van der Waals surface area contributed by atoms with Crippen LogP contribution >= 0.6 is 0 Å². The van der Waals surface area contributed by atoms with Crippen LogP contribution in [0.2, 0.25) is 0 Å². The molecule has 0 bridgehead atoms. The number of carbonyl (C=O) groups is 1. The molecule has 0 fully saturated rings. The van der Waals surface area contributed by atoms with Crippen molar-refractivity contribution >= 4 is 17.4 Å². The zero-order valence-corrected chi connectivity index (χ0v) is 8.52. The lowest BCUT2D eigenvalue weighted by molar-refractivity contribution is 0.0600. The number of nitrogens with zero attached hydrogens (tertiary/aromatic N) is 2. The highest BCUT2D eigenvalue weighted by Gasteiger charge is 2.09. The molecule has 0 atom stereocenters. The summed E-state index contributed by atoms with van der Waals surface area (Å²) in [5, 5.41) is 0. The fourth-order valence-electron chi connectivity index (χ4n) is 1.42. The number of ether oxygens (including phenoxy) is 1. The van der Waals surface area contributed by atoms with Crippen molar-refractivity contribution in [2.45, 2.75) is 6.92 Å². The first kappa shape index (κ1) is 9.51. The predicted octanol–water partition coefficient (Wildman–Crippen LogP) is 1.01. The quantitative estimate of drug-likeness (QED) is 0.705. The predicted molar refractivity (Wildman–Crippen MR) is 55.7 cm³/mol. The van der Waals surface area contributed by atoms with Crippen LogP contribution in [0.25, 0.3) is 5.65 Å². The van der Waals surface area contributed by atoms with Crippen molar-refractivity contribution in [1.82, 2.24) is 9.38 Å². The summed E-state index contributed by atoms with van der Waals surface area (Å²) in [4.78, 5) is 15.5. The number of aryl methyl sites for hydroxylation is 1. The molecule has 2 N–H and O–H groups in total. The average Bonchev–Trinajstić information content (AvgIpc) is 2.54. The Kier molecular flexibility index (Phi) is 2.07. The molecule has 2 aromatic heterocycles. The third-order valence-electron chi connectivity index (χ3n) is 2.26. The topological polar surface area (TPSA) is 69.6 Å². The third kappa shape index (κ3) is 1.41. The maximum absolute atomic E-state index is 11.3. The molecule has 15 heavy (non-hydrogen) atoms. The standard InChI is InChI=1S/C10H11N3O2/c1-6-9(11)13-5-7(10(14)15-2)3-4-8(13)12-6/h3-5H,11H2,1-2H3. The normalized spacial score (nSPS) is 10.5. The van der Waals surface area contributed by atoms with Gasteiger partial charge in [-0.2, -0.15) is 0 Å². The van der Waals surface area contributed by atoms with Crippen molar-refractivity contribution in [2.75, 3.05) is 12.8 Å². The number of anilines is 1. The molecule has 0 saturated heterocycles. The molecular formula is C10H11N3O2. The summed E-state index contributed by atoms with van der Waals surface area (Å²) in [5.41, 5.74) is 7.72. The first-order valence-electron chi connectivity index (χ1n) is 4.46. The molecule has 0 aromatic carbocycles. The molecule has 0 unspecified atom stereocenters. The summed E-state index contributed by atoms with van der Waals surface area (Å²) in [6, 6.07) is 3.39. The molecule has 5 heteroatoms. The molecule has 0 amide bonds. The van der Waals surface area contributed by atoms with Crippen molar-refractivity contribution in [2.24, 2.45) is 0 Å². The number of rotatable bonds is 1. The summed E-state index contributed by atoms with van der Waals surface area (Å²) in [6.45, 7) is 1.82. The number of methoxy groups -OCH3 is 1. The van der Waals surface area contributed by atoms with E-state index in [1.54, 1.807) is 22.7 Å². The van der Waals surface area contributed by atoms with E-state index in [0.29, 0.717) is 11.4 Å². The van der Waals surface area contributed by atoms with Crippen molar-refractivity contribution in [3.8, 4) is 0 Å². The van der Waals surface area contributed by atoms with Crippen LogP contribution in [0.3, 0.4) is 0 Å². The van der Waals surface area contributed by atoms with Crippen LogP contribution in [-0.2, 0) is 4.74 Å². The Morgan fingerprint density at radius 2 is 2.27 bits per heavy atom. The monoisotopic (exact) mass is 205 g/mol. The number of fused-ring (bicyclic) bond motifs is 1. The van der Waals surface area contributed by atoms with Gasteiger partial charge >= 0.3 is 5.97 Å². The number of carbonyl (C=O) groups excluding carboxylic acids is 1. The number of imidazole rings is 1. The van der Waals surface area contributed by atoms with E-state index in [1.807, 2.05) is 6.92 Å². The molecule has 0 saturated carbocycles. The molecule has 2 heterocycles. The van der Waals surface area contributed by atoms with Gasteiger partial charge in [-0.3, -0.25) is 4.40 Å². The van der Waals surface area contributed by atoms with Gasteiger partial charge in [0.25, 0.3) is 0 Å². The van der Waals surface area contributed by atoms with E-state index >= 15 is 0 Å². The second-order valence-electron chi connectivity index (χ2n) is 3.22. The number of nitrogens with two attached hydrogens (primary N) is 1. The maximum Gasteiger partial charge on any atom is 0.339 e. The molecule has 2 aromatic rings. The zero-order chi connectivity index (χ0) is 11.0. The second-order valence-corrected chi connectivity index (χ2v) is 3.22. The molecule has 2 rings (SSSR count). The van der Waals surface area contributed by atoms with Gasteiger partial charge in [0, 0.05) is 6.20 Å². The minimum atomic E-state index is -0.386. The highest BCUT2D eigenvalue weighted by atomic mass is 16.5. The Hall–Kier alpha value is -2.04. The Morgan fingerprint density at radius 1 is 1.53 bits per heavy atom. The summed E-state index contributed by atoms with van der Waals surface area (Å²) in [6.07, 6.45) is 1.62. The fourth-order valence-corrected chi connectivity index (χ4v) is 1.42. The Bertz CT molecular complexity index is 531. The first-order chi connectivity index (χ1) is 7.13. The average molecular weight is 205 g/mol. The lowest BCUT2D eigenvalue weighted by Gasteiger charge is -2.01. The Balaban J connectivity index is 2.64. The number of nitrogen functional groups attached to an aromatic ring is 1. The molecule has 78 valence electrons. The maximum atomic E-state index is 11.3. The highest BCUT2D eigenvalue weighted by Crippen LogP contribution is 2.15. The number of aromatic nitrogens is 2. The lowest BCUT2D eigenvalue weighted by Crippen LogP contribution is -2.03. The largest absolute Gasteiger partial charge is 0.465 e. The SMILES string of the molecule is COC(=O)c1ccc2nc(C)c(N)n2c1. The molecule has 0 spiro atoms. The fraction of sp³-hybridized carbons (Fsp3) is 0.200. The number of esters is 1. The summed E-state index contributed by atoms with van der Waals surface area (Å²) < 4.78 is 6.29. The lowest BCUT2D eigenvalue weighted by atomic mass is 10.3. The van der Waals surface area contributed by atoms with E-state index in [9.17, 15) is 4.79 Å². The zero-order valence-electron chi connectivity index (χ0n) is 8.52. The van der Waals surface area contributed by atoms with Crippen LogP contribution < -0.4 is 5.73 Å². The van der Waals surface area contributed by atoms with E-state index in [2.05, 4.69) is 9.72 Å². The van der Waals surface area contributed by atoms with Gasteiger partial charge in [-0.15, -0.1) is 0 Å². The Morgan fingerprint density at radius 3 is 2.93 bits per heavy atom. The van der Waals surface area contributed by atoms with Gasteiger partial charge in [-0.25, -0.2) is 9.78 Å². The van der Waals surface area contributed by atoms with Gasteiger partial charge in [-0.05, 0) is 19.1 Å². The van der Waals surface area contributed by atoms with Crippen molar-refractivity contribution in [3.05, 3.63) is 29.6 Å². The number of hydrogen-bond donors (Lipinski definition) is 1. The molecule has 0 aliphatic carbocycles. The van der Waals surface area contributed by atoms with E-state index in [-0.39, 0.29) is 5.97 Å². The van der Waals surface area contributed by atoms with Gasteiger partial charge in [0.1, 0.15) is 11.5 Å². The molecule has 0 aliphatic heterocycles. The van der Waals surface area contributed by atoms with Gasteiger partial charge in [0.2, 0.25) is 0 Å². The number of pyridine rings is 1. The van der Waals surface area contributed by atoms with E-state index < -0.39 is 0 Å². The highest BCUT2D eigenvalue weighted by molar-refractivity contribution is 5.89.